The second-order valence-corrected chi connectivity index (χ2v) is 6.91. The summed E-state index contributed by atoms with van der Waals surface area (Å²) >= 11 is 0. The standard InChI is InChI=1S/C15H18N2.C8H9NO.Co/c1-15(2)12-8-4-5-9-13(12)17(3)14(15)10-6-7-11-16;9-8(10)6-7-4-2-1-3-5-7;/h4-11,16H,1-3H3;1-5H,6H2,(H2,9,10);/b7-6+,14-10-,16-11?;;. The van der Waals surface area contributed by atoms with E-state index in [0.717, 1.165) is 5.56 Å². The molecule has 0 aromatic heterocycles. The summed E-state index contributed by atoms with van der Waals surface area (Å²) in [6.07, 6.45) is 7.38. The van der Waals surface area contributed by atoms with Gasteiger partial charge in [-0.25, -0.2) is 0 Å². The molecule has 0 saturated heterocycles. The van der Waals surface area contributed by atoms with Gasteiger partial charge in [-0.3, -0.25) is 5.41 Å². The molecule has 0 spiro atoms. The molecule has 4 nitrogen and oxygen atoms in total. The fourth-order valence-corrected chi connectivity index (χ4v) is 3.29. The Bertz CT molecular complexity index is 857. The van der Waals surface area contributed by atoms with Gasteiger partial charge >= 0.3 is 0 Å². The van der Waals surface area contributed by atoms with E-state index < -0.39 is 0 Å². The van der Waals surface area contributed by atoms with E-state index in [2.05, 4.69) is 56.1 Å². The maximum Gasteiger partial charge on any atom is 0.182 e. The number of para-hydroxylation sites is 1. The first-order chi connectivity index (χ1) is 12.9. The molecule has 149 valence electrons. The Morgan fingerprint density at radius 2 is 1.64 bits per heavy atom. The molecule has 3 rings (SSSR count). The van der Waals surface area contributed by atoms with Crippen molar-refractivity contribution in [3.63, 3.8) is 0 Å². The number of hydrogen-bond donors (Lipinski definition) is 3. The Balaban J connectivity index is 0.000000307. The SMILES string of the molecule is CN1/C(=C\C=C\C=N)C(C)(C)c2ccccc21.N=C(O)Cc1ccccc1.[Co]. The summed E-state index contributed by atoms with van der Waals surface area (Å²) in [4.78, 5) is 2.23. The van der Waals surface area contributed by atoms with Crippen LogP contribution >= 0.6 is 0 Å². The molecule has 0 amide bonds. The minimum absolute atomic E-state index is 0. The van der Waals surface area contributed by atoms with Crippen molar-refractivity contribution < 1.29 is 21.9 Å². The second-order valence-electron chi connectivity index (χ2n) is 6.91. The van der Waals surface area contributed by atoms with Crippen LogP contribution in [0.4, 0.5) is 5.69 Å². The van der Waals surface area contributed by atoms with Crippen molar-refractivity contribution in [1.82, 2.24) is 0 Å². The summed E-state index contributed by atoms with van der Waals surface area (Å²) in [5.74, 6) is -0.286. The van der Waals surface area contributed by atoms with E-state index in [-0.39, 0.29) is 28.1 Å². The zero-order valence-corrected chi connectivity index (χ0v) is 17.5. The van der Waals surface area contributed by atoms with Crippen molar-refractivity contribution in [1.29, 1.82) is 10.8 Å². The molecule has 28 heavy (non-hydrogen) atoms. The summed E-state index contributed by atoms with van der Waals surface area (Å²) in [5.41, 5.74) is 4.88. The third-order valence-corrected chi connectivity index (χ3v) is 4.62. The third kappa shape index (κ3) is 5.68. The number of fused-ring (bicyclic) bond motifs is 1. The average Bonchev–Trinajstić information content (AvgIpc) is 2.84. The number of nitrogens with zero attached hydrogens (tertiary/aromatic N) is 1. The summed E-state index contributed by atoms with van der Waals surface area (Å²) in [5, 5.41) is 22.4. The van der Waals surface area contributed by atoms with E-state index in [0.29, 0.717) is 6.42 Å². The van der Waals surface area contributed by atoms with E-state index in [1.165, 1.54) is 23.2 Å². The first-order valence-electron chi connectivity index (χ1n) is 8.89. The summed E-state index contributed by atoms with van der Waals surface area (Å²) in [7, 11) is 2.09. The van der Waals surface area contributed by atoms with Crippen molar-refractivity contribution in [3.8, 4) is 0 Å². The number of anilines is 1. The molecule has 1 aliphatic rings. The Kier molecular flexibility index (Phi) is 8.89. The zero-order chi connectivity index (χ0) is 19.9. The first kappa shape index (κ1) is 23.4. The van der Waals surface area contributed by atoms with E-state index in [1.807, 2.05) is 36.4 Å². The van der Waals surface area contributed by atoms with E-state index in [9.17, 15) is 0 Å². The van der Waals surface area contributed by atoms with Gasteiger partial charge in [0.2, 0.25) is 0 Å². The van der Waals surface area contributed by atoms with Crippen molar-refractivity contribution in [2.75, 3.05) is 11.9 Å². The fraction of sp³-hybridized carbons (Fsp3) is 0.217. The number of allylic oxidation sites excluding steroid dienone is 4. The van der Waals surface area contributed by atoms with Gasteiger partial charge in [0.1, 0.15) is 0 Å². The fourth-order valence-electron chi connectivity index (χ4n) is 3.29. The van der Waals surface area contributed by atoms with Crippen LogP contribution in [0.3, 0.4) is 0 Å². The normalized spacial score (nSPS) is 15.4. The number of hydrogen-bond acceptors (Lipinski definition) is 3. The average molecular weight is 420 g/mol. The van der Waals surface area contributed by atoms with Crippen molar-refractivity contribution in [2.24, 2.45) is 0 Å². The number of benzene rings is 2. The number of likely N-dealkylation sites (N-methyl/N-ethyl adjacent to an activating group) is 1. The van der Waals surface area contributed by atoms with Crippen LogP contribution in [0, 0.1) is 10.8 Å². The van der Waals surface area contributed by atoms with E-state index in [1.54, 1.807) is 6.08 Å². The monoisotopic (exact) mass is 420 g/mol. The molecule has 5 heteroatoms. The van der Waals surface area contributed by atoms with Crippen LogP contribution in [0.5, 0.6) is 0 Å². The van der Waals surface area contributed by atoms with E-state index >= 15 is 0 Å². The molecule has 0 unspecified atom stereocenters. The Hall–Kier alpha value is -2.63. The van der Waals surface area contributed by atoms with Gasteiger partial charge in [0.25, 0.3) is 0 Å². The molecule has 3 N–H and O–H groups in total. The van der Waals surface area contributed by atoms with Gasteiger partial charge in [-0.1, -0.05) is 68.5 Å². The molecule has 0 atom stereocenters. The van der Waals surface area contributed by atoms with Crippen LogP contribution in [0.15, 0.2) is 78.5 Å². The summed E-state index contributed by atoms with van der Waals surface area (Å²) in [6, 6.07) is 17.9. The van der Waals surface area contributed by atoms with Gasteiger partial charge in [-0.15, -0.1) is 0 Å². The van der Waals surface area contributed by atoms with Crippen molar-refractivity contribution in [2.45, 2.75) is 25.7 Å². The zero-order valence-electron chi connectivity index (χ0n) is 16.4. The molecule has 2 aromatic rings. The van der Waals surface area contributed by atoms with Gasteiger partial charge in [0.15, 0.2) is 5.90 Å². The molecule has 1 aliphatic heterocycles. The minimum atomic E-state index is -0.286. The molecule has 0 fully saturated rings. The molecule has 0 saturated carbocycles. The van der Waals surface area contributed by atoms with Crippen LogP contribution in [-0.2, 0) is 28.6 Å². The summed E-state index contributed by atoms with van der Waals surface area (Å²) < 4.78 is 0. The Morgan fingerprint density at radius 1 is 1.04 bits per heavy atom. The van der Waals surface area contributed by atoms with Gasteiger partial charge in [-0.05, 0) is 29.3 Å². The number of nitrogens with one attached hydrogen (secondary N) is 2. The predicted octanol–water partition coefficient (Wildman–Crippen LogP) is 5.27. The molecule has 0 bridgehead atoms. The third-order valence-electron chi connectivity index (χ3n) is 4.62. The minimum Gasteiger partial charge on any atom is -0.497 e. The second kappa shape index (κ2) is 10.6. The summed E-state index contributed by atoms with van der Waals surface area (Å²) in [6.45, 7) is 4.47. The Morgan fingerprint density at radius 3 is 2.21 bits per heavy atom. The molecular formula is C23H27CoN3O. The molecule has 1 radical (unpaired) electrons. The van der Waals surface area contributed by atoms with Crippen LogP contribution in [0.25, 0.3) is 0 Å². The van der Waals surface area contributed by atoms with Gasteiger partial charge in [-0.2, -0.15) is 0 Å². The van der Waals surface area contributed by atoms with Crippen LogP contribution in [-0.4, -0.2) is 24.3 Å². The quantitative estimate of drug-likeness (QED) is 0.466. The van der Waals surface area contributed by atoms with Gasteiger partial charge < -0.3 is 15.4 Å². The largest absolute Gasteiger partial charge is 0.497 e. The smallest absolute Gasteiger partial charge is 0.182 e. The topological polar surface area (TPSA) is 71.2 Å². The van der Waals surface area contributed by atoms with Crippen LogP contribution in [0.2, 0.25) is 0 Å². The molecule has 2 aromatic carbocycles. The van der Waals surface area contributed by atoms with Crippen LogP contribution < -0.4 is 4.90 Å². The van der Waals surface area contributed by atoms with Crippen molar-refractivity contribution in [3.05, 3.63) is 89.6 Å². The first-order valence-corrected chi connectivity index (χ1v) is 8.89. The molecule has 0 aliphatic carbocycles. The predicted molar refractivity (Wildman–Crippen MR) is 114 cm³/mol. The maximum absolute atomic E-state index is 8.59. The number of rotatable bonds is 4. The Labute approximate surface area is 177 Å². The van der Waals surface area contributed by atoms with Gasteiger partial charge in [0, 0.05) is 53.3 Å². The maximum atomic E-state index is 8.59. The number of aliphatic hydroxyl groups excluding tert-OH is 1. The van der Waals surface area contributed by atoms with E-state index in [4.69, 9.17) is 15.9 Å². The van der Waals surface area contributed by atoms with Crippen LogP contribution in [0.1, 0.15) is 25.0 Å². The molecule has 1 heterocycles. The van der Waals surface area contributed by atoms with Crippen molar-refractivity contribution >= 4 is 17.8 Å². The molecular weight excluding hydrogens is 393 g/mol. The van der Waals surface area contributed by atoms with Gasteiger partial charge in [0.05, 0.1) is 0 Å². The number of aliphatic hydroxyl groups is 1.